The quantitative estimate of drug-likeness (QED) is 0.740. The number of rotatable bonds is 6. The molecule has 3 rings (SSSR count). The van der Waals surface area contributed by atoms with Crippen molar-refractivity contribution in [3.05, 3.63) is 95.6 Å². The summed E-state index contributed by atoms with van der Waals surface area (Å²) in [5, 5.41) is 3.00. The lowest BCUT2D eigenvalue weighted by Gasteiger charge is -2.22. The van der Waals surface area contributed by atoms with Crippen LogP contribution in [0.1, 0.15) is 22.5 Å². The van der Waals surface area contributed by atoms with Crippen LogP contribution in [0.5, 0.6) is 0 Å². The second-order valence-electron chi connectivity index (χ2n) is 6.15. The van der Waals surface area contributed by atoms with E-state index in [1.54, 1.807) is 17.3 Å². The number of carbonyl (C=O) groups is 1. The lowest BCUT2D eigenvalue weighted by molar-refractivity contribution is 0.190. The highest BCUT2D eigenvalue weighted by Crippen LogP contribution is 2.08. The monoisotopic (exact) mass is 346 g/mol. The summed E-state index contributed by atoms with van der Waals surface area (Å²) in [5.74, 6) is 0. The number of urea groups is 1. The molecule has 0 saturated carbocycles. The van der Waals surface area contributed by atoms with Crippen LogP contribution in [0.25, 0.3) is 0 Å². The lowest BCUT2D eigenvalue weighted by Crippen LogP contribution is -2.39. The highest BCUT2D eigenvalue weighted by atomic mass is 16.2. The molecule has 2 heterocycles. The largest absolute Gasteiger partial charge is 0.334 e. The Morgan fingerprint density at radius 2 is 1.58 bits per heavy atom. The molecule has 0 unspecified atom stereocenters. The number of hydrogen-bond acceptors (Lipinski definition) is 3. The van der Waals surface area contributed by atoms with Crippen molar-refractivity contribution in [2.45, 2.75) is 26.6 Å². The van der Waals surface area contributed by atoms with E-state index < -0.39 is 0 Å². The number of amides is 2. The highest BCUT2D eigenvalue weighted by molar-refractivity contribution is 5.74. The van der Waals surface area contributed by atoms with Gasteiger partial charge < -0.3 is 10.2 Å². The maximum absolute atomic E-state index is 12.8. The van der Waals surface area contributed by atoms with Crippen LogP contribution in [0.2, 0.25) is 0 Å². The van der Waals surface area contributed by atoms with Gasteiger partial charge >= 0.3 is 6.03 Å². The minimum absolute atomic E-state index is 0.136. The van der Waals surface area contributed by atoms with Gasteiger partial charge in [0.15, 0.2) is 0 Å². The average Bonchev–Trinajstić information content (AvgIpc) is 2.67. The van der Waals surface area contributed by atoms with E-state index in [9.17, 15) is 4.79 Å². The Morgan fingerprint density at radius 1 is 0.923 bits per heavy atom. The normalized spacial score (nSPS) is 10.3. The Hall–Kier alpha value is -3.21. The highest BCUT2D eigenvalue weighted by Gasteiger charge is 2.15. The van der Waals surface area contributed by atoms with E-state index in [1.807, 2.05) is 61.5 Å². The Bertz CT molecular complexity index is 795. The molecule has 0 atom stereocenters. The first kappa shape index (κ1) is 17.6. The van der Waals surface area contributed by atoms with Gasteiger partial charge in [-0.25, -0.2) is 4.79 Å². The summed E-state index contributed by atoms with van der Waals surface area (Å²) >= 11 is 0. The summed E-state index contributed by atoms with van der Waals surface area (Å²) in [7, 11) is 0. The SMILES string of the molecule is Cc1cccc(CNC(=O)N(Cc2ccccn2)Cc2ccccn2)c1. The molecular formula is C21H22N4O. The minimum Gasteiger partial charge on any atom is -0.334 e. The van der Waals surface area contributed by atoms with Crippen LogP contribution < -0.4 is 5.32 Å². The zero-order valence-corrected chi connectivity index (χ0v) is 14.8. The van der Waals surface area contributed by atoms with Crippen molar-refractivity contribution in [2.75, 3.05) is 0 Å². The molecule has 2 aromatic heterocycles. The Balaban J connectivity index is 1.70. The Morgan fingerprint density at radius 3 is 2.12 bits per heavy atom. The van der Waals surface area contributed by atoms with Crippen molar-refractivity contribution < 1.29 is 4.79 Å². The fourth-order valence-electron chi connectivity index (χ4n) is 2.69. The van der Waals surface area contributed by atoms with E-state index in [-0.39, 0.29) is 6.03 Å². The van der Waals surface area contributed by atoms with E-state index in [4.69, 9.17) is 0 Å². The molecule has 0 saturated heterocycles. The summed E-state index contributed by atoms with van der Waals surface area (Å²) < 4.78 is 0. The van der Waals surface area contributed by atoms with Crippen molar-refractivity contribution in [3.8, 4) is 0 Å². The molecule has 1 N–H and O–H groups in total. The average molecular weight is 346 g/mol. The zero-order chi connectivity index (χ0) is 18.2. The third kappa shape index (κ3) is 5.14. The summed E-state index contributed by atoms with van der Waals surface area (Å²) in [6.45, 7) is 3.38. The van der Waals surface area contributed by atoms with Crippen LogP contribution in [0.4, 0.5) is 4.79 Å². The third-order valence-electron chi connectivity index (χ3n) is 3.97. The molecule has 132 valence electrons. The molecule has 0 fully saturated rings. The molecule has 5 heteroatoms. The van der Waals surface area contributed by atoms with Crippen LogP contribution in [-0.4, -0.2) is 20.9 Å². The predicted molar refractivity (Wildman–Crippen MR) is 101 cm³/mol. The Labute approximate surface area is 153 Å². The standard InChI is InChI=1S/C21H22N4O/c1-17-7-6-8-18(13-17)14-24-21(26)25(15-19-9-2-4-11-22-19)16-20-10-3-5-12-23-20/h2-13H,14-16H2,1H3,(H,24,26). The van der Waals surface area contributed by atoms with Crippen molar-refractivity contribution >= 4 is 6.03 Å². The van der Waals surface area contributed by atoms with Crippen LogP contribution in [-0.2, 0) is 19.6 Å². The number of carbonyl (C=O) groups excluding carboxylic acids is 1. The summed E-state index contributed by atoms with van der Waals surface area (Å²) in [4.78, 5) is 23.2. The van der Waals surface area contributed by atoms with E-state index in [1.165, 1.54) is 5.56 Å². The van der Waals surface area contributed by atoms with Gasteiger partial charge in [0.05, 0.1) is 24.5 Å². The van der Waals surface area contributed by atoms with E-state index in [0.717, 1.165) is 17.0 Å². The number of nitrogens with zero attached hydrogens (tertiary/aromatic N) is 3. The fraction of sp³-hybridized carbons (Fsp3) is 0.190. The molecule has 2 amide bonds. The molecular weight excluding hydrogens is 324 g/mol. The van der Waals surface area contributed by atoms with Gasteiger partial charge in [-0.05, 0) is 36.8 Å². The first-order valence-corrected chi connectivity index (χ1v) is 8.59. The summed E-state index contributed by atoms with van der Waals surface area (Å²) in [6, 6.07) is 19.4. The predicted octanol–water partition coefficient (Wildman–Crippen LogP) is 3.70. The topological polar surface area (TPSA) is 58.1 Å². The van der Waals surface area contributed by atoms with Crippen molar-refractivity contribution in [1.29, 1.82) is 0 Å². The van der Waals surface area contributed by atoms with Gasteiger partial charge in [0.1, 0.15) is 0 Å². The first-order valence-electron chi connectivity index (χ1n) is 8.59. The zero-order valence-electron chi connectivity index (χ0n) is 14.8. The molecule has 0 aliphatic rings. The fourth-order valence-corrected chi connectivity index (χ4v) is 2.69. The first-order chi connectivity index (χ1) is 12.7. The van der Waals surface area contributed by atoms with Gasteiger partial charge in [-0.15, -0.1) is 0 Å². The number of aryl methyl sites for hydroxylation is 1. The van der Waals surface area contributed by atoms with Gasteiger partial charge in [-0.3, -0.25) is 9.97 Å². The van der Waals surface area contributed by atoms with Crippen molar-refractivity contribution in [2.24, 2.45) is 0 Å². The molecule has 0 radical (unpaired) electrons. The Kier molecular flexibility index (Phi) is 5.93. The number of pyridine rings is 2. The summed E-state index contributed by atoms with van der Waals surface area (Å²) in [5.41, 5.74) is 3.94. The molecule has 1 aromatic carbocycles. The van der Waals surface area contributed by atoms with E-state index in [2.05, 4.69) is 21.4 Å². The van der Waals surface area contributed by atoms with Crippen molar-refractivity contribution in [1.82, 2.24) is 20.2 Å². The van der Waals surface area contributed by atoms with Crippen LogP contribution in [0.15, 0.2) is 73.1 Å². The molecule has 3 aromatic rings. The van der Waals surface area contributed by atoms with Gasteiger partial charge in [0.25, 0.3) is 0 Å². The van der Waals surface area contributed by atoms with Gasteiger partial charge in [-0.1, -0.05) is 42.0 Å². The number of nitrogens with one attached hydrogen (secondary N) is 1. The minimum atomic E-state index is -0.136. The van der Waals surface area contributed by atoms with E-state index in [0.29, 0.717) is 19.6 Å². The molecule has 0 aliphatic carbocycles. The molecule has 5 nitrogen and oxygen atoms in total. The van der Waals surface area contributed by atoms with Crippen LogP contribution >= 0.6 is 0 Å². The summed E-state index contributed by atoms with van der Waals surface area (Å²) in [6.07, 6.45) is 3.47. The third-order valence-corrected chi connectivity index (χ3v) is 3.97. The van der Waals surface area contributed by atoms with Crippen molar-refractivity contribution in [3.63, 3.8) is 0 Å². The maximum Gasteiger partial charge on any atom is 0.318 e. The molecule has 0 aliphatic heterocycles. The number of benzene rings is 1. The van der Waals surface area contributed by atoms with Gasteiger partial charge in [-0.2, -0.15) is 0 Å². The molecule has 26 heavy (non-hydrogen) atoms. The lowest BCUT2D eigenvalue weighted by atomic mass is 10.1. The molecule has 0 spiro atoms. The van der Waals surface area contributed by atoms with Crippen LogP contribution in [0, 0.1) is 6.92 Å². The smallest absolute Gasteiger partial charge is 0.318 e. The van der Waals surface area contributed by atoms with Gasteiger partial charge in [0, 0.05) is 18.9 Å². The van der Waals surface area contributed by atoms with Crippen LogP contribution in [0.3, 0.4) is 0 Å². The van der Waals surface area contributed by atoms with E-state index >= 15 is 0 Å². The molecule has 0 bridgehead atoms. The van der Waals surface area contributed by atoms with Gasteiger partial charge in [0.2, 0.25) is 0 Å². The second-order valence-corrected chi connectivity index (χ2v) is 6.15. The number of aromatic nitrogens is 2. The maximum atomic E-state index is 12.8. The second kappa shape index (κ2) is 8.76. The number of hydrogen-bond donors (Lipinski definition) is 1.